The van der Waals surface area contributed by atoms with Gasteiger partial charge >= 0.3 is 0 Å². The second kappa shape index (κ2) is 5.45. The summed E-state index contributed by atoms with van der Waals surface area (Å²) < 4.78 is 0.770. The van der Waals surface area contributed by atoms with Gasteiger partial charge in [0.05, 0.1) is 0 Å². The molecule has 0 saturated carbocycles. The molecular formula is C15H15BrN2O. The van der Waals surface area contributed by atoms with Crippen LogP contribution in [0.3, 0.4) is 0 Å². The van der Waals surface area contributed by atoms with Crippen LogP contribution in [-0.4, -0.2) is 5.91 Å². The van der Waals surface area contributed by atoms with Crippen LogP contribution in [0.15, 0.2) is 40.9 Å². The molecule has 0 aromatic heterocycles. The smallest absolute Gasteiger partial charge is 0.255 e. The highest BCUT2D eigenvalue weighted by Crippen LogP contribution is 2.24. The van der Waals surface area contributed by atoms with Crippen molar-refractivity contribution in [1.82, 2.24) is 0 Å². The summed E-state index contributed by atoms with van der Waals surface area (Å²) in [6.45, 7) is 3.89. The summed E-state index contributed by atoms with van der Waals surface area (Å²) in [5.41, 5.74) is 9.78. The average molecular weight is 319 g/mol. The molecule has 2 rings (SSSR count). The fourth-order valence-corrected chi connectivity index (χ4v) is 2.16. The number of carbonyl (C=O) groups is 1. The Hall–Kier alpha value is -1.81. The third kappa shape index (κ3) is 3.15. The van der Waals surface area contributed by atoms with E-state index in [4.69, 9.17) is 5.73 Å². The third-order valence-corrected chi connectivity index (χ3v) is 3.58. The third-order valence-electron chi connectivity index (χ3n) is 2.90. The SMILES string of the molecule is Cc1ccc(C)c(C(=O)Nc2ccc(N)c(Br)c2)c1. The maximum Gasteiger partial charge on any atom is 0.255 e. The number of aryl methyl sites for hydroxylation is 2. The first-order chi connectivity index (χ1) is 8.97. The summed E-state index contributed by atoms with van der Waals surface area (Å²) in [6, 6.07) is 11.1. The average Bonchev–Trinajstić information content (AvgIpc) is 2.36. The first kappa shape index (κ1) is 13.6. The van der Waals surface area contributed by atoms with E-state index in [-0.39, 0.29) is 5.91 Å². The first-order valence-corrected chi connectivity index (χ1v) is 6.70. The molecule has 1 amide bonds. The molecule has 4 heteroatoms. The quantitative estimate of drug-likeness (QED) is 0.825. The van der Waals surface area contributed by atoms with Crippen molar-refractivity contribution in [2.24, 2.45) is 0 Å². The number of hydrogen-bond acceptors (Lipinski definition) is 2. The number of nitrogens with one attached hydrogen (secondary N) is 1. The molecule has 3 N–H and O–H groups in total. The molecule has 0 bridgehead atoms. The van der Waals surface area contributed by atoms with Gasteiger partial charge in [-0.3, -0.25) is 4.79 Å². The number of anilines is 2. The Labute approximate surface area is 121 Å². The number of halogens is 1. The number of carbonyl (C=O) groups excluding carboxylic acids is 1. The van der Waals surface area contributed by atoms with Crippen molar-refractivity contribution in [2.45, 2.75) is 13.8 Å². The molecular weight excluding hydrogens is 304 g/mol. The molecule has 0 atom stereocenters. The van der Waals surface area contributed by atoms with Crippen LogP contribution in [0, 0.1) is 13.8 Å². The molecule has 0 aliphatic heterocycles. The molecule has 0 spiro atoms. The summed E-state index contributed by atoms with van der Waals surface area (Å²) in [6.07, 6.45) is 0. The monoisotopic (exact) mass is 318 g/mol. The highest BCUT2D eigenvalue weighted by atomic mass is 79.9. The highest BCUT2D eigenvalue weighted by Gasteiger charge is 2.10. The molecule has 0 heterocycles. The lowest BCUT2D eigenvalue weighted by Crippen LogP contribution is -2.13. The molecule has 98 valence electrons. The predicted molar refractivity (Wildman–Crippen MR) is 82.4 cm³/mol. The van der Waals surface area contributed by atoms with Gasteiger partial charge in [-0.15, -0.1) is 0 Å². The van der Waals surface area contributed by atoms with Crippen LogP contribution < -0.4 is 11.1 Å². The molecule has 0 aliphatic rings. The fourth-order valence-electron chi connectivity index (χ4n) is 1.78. The number of hydrogen-bond donors (Lipinski definition) is 2. The fraction of sp³-hybridized carbons (Fsp3) is 0.133. The summed E-state index contributed by atoms with van der Waals surface area (Å²) >= 11 is 3.34. The van der Waals surface area contributed by atoms with E-state index in [1.54, 1.807) is 18.2 Å². The van der Waals surface area contributed by atoms with Crippen LogP contribution in [0.4, 0.5) is 11.4 Å². The van der Waals surface area contributed by atoms with E-state index < -0.39 is 0 Å². The molecule has 3 nitrogen and oxygen atoms in total. The van der Waals surface area contributed by atoms with Gasteiger partial charge in [0.2, 0.25) is 0 Å². The van der Waals surface area contributed by atoms with E-state index in [0.29, 0.717) is 16.9 Å². The zero-order chi connectivity index (χ0) is 14.0. The second-order valence-electron chi connectivity index (χ2n) is 4.51. The number of amides is 1. The molecule has 2 aromatic carbocycles. The number of nitrogens with two attached hydrogens (primary N) is 1. The lowest BCUT2D eigenvalue weighted by Gasteiger charge is -2.09. The van der Waals surface area contributed by atoms with Gasteiger partial charge in [-0.05, 0) is 59.6 Å². The second-order valence-corrected chi connectivity index (χ2v) is 5.36. The maximum atomic E-state index is 12.2. The van der Waals surface area contributed by atoms with Gasteiger partial charge < -0.3 is 11.1 Å². The van der Waals surface area contributed by atoms with Crippen LogP contribution in [0.5, 0.6) is 0 Å². The van der Waals surface area contributed by atoms with Crippen molar-refractivity contribution in [3.05, 3.63) is 57.6 Å². The number of nitrogen functional groups attached to an aromatic ring is 1. The van der Waals surface area contributed by atoms with Crippen LogP contribution >= 0.6 is 15.9 Å². The topological polar surface area (TPSA) is 55.1 Å². The molecule has 2 aromatic rings. The Balaban J connectivity index is 2.25. The van der Waals surface area contributed by atoms with Crippen molar-refractivity contribution in [2.75, 3.05) is 11.1 Å². The van der Waals surface area contributed by atoms with E-state index in [9.17, 15) is 4.79 Å². The zero-order valence-corrected chi connectivity index (χ0v) is 12.4. The Kier molecular flexibility index (Phi) is 3.90. The molecule has 0 radical (unpaired) electrons. The van der Waals surface area contributed by atoms with Gasteiger partial charge in [0.25, 0.3) is 5.91 Å². The van der Waals surface area contributed by atoms with Crippen LogP contribution in [0.1, 0.15) is 21.5 Å². The Morgan fingerprint density at radius 2 is 1.89 bits per heavy atom. The molecule has 0 aliphatic carbocycles. The maximum absolute atomic E-state index is 12.2. The molecule has 0 fully saturated rings. The van der Waals surface area contributed by atoms with Crippen molar-refractivity contribution in [3.63, 3.8) is 0 Å². The zero-order valence-electron chi connectivity index (χ0n) is 10.8. The van der Waals surface area contributed by atoms with E-state index in [1.807, 2.05) is 32.0 Å². The lowest BCUT2D eigenvalue weighted by atomic mass is 10.1. The molecule has 0 saturated heterocycles. The van der Waals surface area contributed by atoms with Crippen LogP contribution in [0.2, 0.25) is 0 Å². The van der Waals surface area contributed by atoms with E-state index in [1.165, 1.54) is 0 Å². The van der Waals surface area contributed by atoms with Gasteiger partial charge in [-0.1, -0.05) is 17.7 Å². The van der Waals surface area contributed by atoms with E-state index in [2.05, 4.69) is 21.2 Å². The van der Waals surface area contributed by atoms with Gasteiger partial charge in [-0.25, -0.2) is 0 Å². The van der Waals surface area contributed by atoms with Gasteiger partial charge in [0.15, 0.2) is 0 Å². The highest BCUT2D eigenvalue weighted by molar-refractivity contribution is 9.10. The molecule has 0 unspecified atom stereocenters. The Morgan fingerprint density at radius 1 is 1.16 bits per heavy atom. The van der Waals surface area contributed by atoms with Crippen molar-refractivity contribution < 1.29 is 4.79 Å². The van der Waals surface area contributed by atoms with Crippen LogP contribution in [0.25, 0.3) is 0 Å². The van der Waals surface area contributed by atoms with Gasteiger partial charge in [0, 0.05) is 21.4 Å². The summed E-state index contributed by atoms with van der Waals surface area (Å²) in [4.78, 5) is 12.2. The minimum atomic E-state index is -0.113. The first-order valence-electron chi connectivity index (χ1n) is 5.91. The van der Waals surface area contributed by atoms with E-state index in [0.717, 1.165) is 15.6 Å². The predicted octanol–water partition coefficient (Wildman–Crippen LogP) is 3.90. The van der Waals surface area contributed by atoms with E-state index >= 15 is 0 Å². The standard InChI is InChI=1S/C15H15BrN2O/c1-9-3-4-10(2)12(7-9)15(19)18-11-5-6-14(17)13(16)8-11/h3-8H,17H2,1-2H3,(H,18,19). The summed E-state index contributed by atoms with van der Waals surface area (Å²) in [5.74, 6) is -0.113. The van der Waals surface area contributed by atoms with Crippen LogP contribution in [-0.2, 0) is 0 Å². The lowest BCUT2D eigenvalue weighted by molar-refractivity contribution is 0.102. The molecule has 19 heavy (non-hydrogen) atoms. The van der Waals surface area contributed by atoms with Crippen molar-refractivity contribution in [1.29, 1.82) is 0 Å². The number of benzene rings is 2. The Bertz CT molecular complexity index is 638. The van der Waals surface area contributed by atoms with Gasteiger partial charge in [-0.2, -0.15) is 0 Å². The normalized spacial score (nSPS) is 10.3. The van der Waals surface area contributed by atoms with Gasteiger partial charge in [0.1, 0.15) is 0 Å². The number of rotatable bonds is 2. The minimum Gasteiger partial charge on any atom is -0.398 e. The largest absolute Gasteiger partial charge is 0.398 e. The van der Waals surface area contributed by atoms with Crippen molar-refractivity contribution >= 4 is 33.2 Å². The minimum absolute atomic E-state index is 0.113. The summed E-state index contributed by atoms with van der Waals surface area (Å²) in [5, 5.41) is 2.87. The Morgan fingerprint density at radius 3 is 2.58 bits per heavy atom. The van der Waals surface area contributed by atoms with Crippen molar-refractivity contribution in [3.8, 4) is 0 Å². The summed E-state index contributed by atoms with van der Waals surface area (Å²) in [7, 11) is 0.